The largest absolute Gasteiger partial charge is 0.508 e. The Kier molecular flexibility index (Phi) is 13.3. The summed E-state index contributed by atoms with van der Waals surface area (Å²) in [5.74, 6) is 0.103. The number of carbonyl (C=O) groups is 3. The van der Waals surface area contributed by atoms with Gasteiger partial charge in [-0.1, -0.05) is 51.2 Å². The molecular formula is C29H47N3O5S. The molecule has 2 atom stereocenters. The summed E-state index contributed by atoms with van der Waals surface area (Å²) in [7, 11) is 0. The first-order chi connectivity index (χ1) is 18.1. The van der Waals surface area contributed by atoms with Crippen molar-refractivity contribution in [1.29, 1.82) is 0 Å². The van der Waals surface area contributed by atoms with E-state index in [0.29, 0.717) is 24.3 Å². The average Bonchev–Trinajstić information content (AvgIpc) is 2.85. The lowest BCUT2D eigenvalue weighted by molar-refractivity contribution is -0.143. The molecule has 1 aromatic carbocycles. The van der Waals surface area contributed by atoms with Crippen molar-refractivity contribution in [3.8, 4) is 5.75 Å². The fourth-order valence-electron chi connectivity index (χ4n) is 4.74. The van der Waals surface area contributed by atoms with Gasteiger partial charge in [-0.3, -0.25) is 9.59 Å². The number of alkyl carbamates (subject to hydrolysis) is 1. The number of rotatable bonds is 13. The summed E-state index contributed by atoms with van der Waals surface area (Å²) in [6.45, 7) is 7.76. The van der Waals surface area contributed by atoms with Crippen molar-refractivity contribution in [3.63, 3.8) is 0 Å². The predicted octanol–water partition coefficient (Wildman–Crippen LogP) is 5.55. The van der Waals surface area contributed by atoms with Gasteiger partial charge in [0.25, 0.3) is 0 Å². The van der Waals surface area contributed by atoms with E-state index in [1.807, 2.05) is 6.26 Å². The van der Waals surface area contributed by atoms with Gasteiger partial charge in [0.2, 0.25) is 11.8 Å². The number of nitrogens with zero attached hydrogens (tertiary/aromatic N) is 1. The summed E-state index contributed by atoms with van der Waals surface area (Å²) >= 11 is 1.58. The highest BCUT2D eigenvalue weighted by molar-refractivity contribution is 7.98. The third-order valence-electron chi connectivity index (χ3n) is 6.58. The maximum atomic E-state index is 14.1. The first-order valence-electron chi connectivity index (χ1n) is 13.9. The highest BCUT2D eigenvalue weighted by atomic mass is 32.2. The Labute approximate surface area is 232 Å². The monoisotopic (exact) mass is 549 g/mol. The average molecular weight is 550 g/mol. The lowest BCUT2D eigenvalue weighted by atomic mass is 9.94. The Morgan fingerprint density at radius 3 is 2.47 bits per heavy atom. The zero-order chi connectivity index (χ0) is 28.1. The van der Waals surface area contributed by atoms with Gasteiger partial charge in [0.05, 0.1) is 0 Å². The molecule has 8 nitrogen and oxygen atoms in total. The molecule has 0 saturated heterocycles. The topological polar surface area (TPSA) is 108 Å². The van der Waals surface area contributed by atoms with Crippen LogP contribution in [0.15, 0.2) is 24.3 Å². The van der Waals surface area contributed by atoms with Crippen LogP contribution in [-0.2, 0) is 14.3 Å². The molecule has 1 saturated carbocycles. The maximum Gasteiger partial charge on any atom is 0.408 e. The van der Waals surface area contributed by atoms with Crippen LogP contribution in [0, 0.1) is 0 Å². The van der Waals surface area contributed by atoms with E-state index >= 15 is 0 Å². The van der Waals surface area contributed by atoms with Crippen molar-refractivity contribution < 1.29 is 24.2 Å². The third kappa shape index (κ3) is 10.8. The van der Waals surface area contributed by atoms with Gasteiger partial charge in [-0.2, -0.15) is 11.8 Å². The Bertz CT molecular complexity index is 898. The highest BCUT2D eigenvalue weighted by Gasteiger charge is 2.36. The molecular weight excluding hydrogens is 502 g/mol. The molecule has 1 fully saturated rings. The number of benzene rings is 1. The molecule has 9 heteroatoms. The molecule has 3 amide bonds. The van der Waals surface area contributed by atoms with Gasteiger partial charge < -0.3 is 25.4 Å². The molecule has 2 rings (SSSR count). The van der Waals surface area contributed by atoms with Crippen molar-refractivity contribution in [1.82, 2.24) is 15.5 Å². The van der Waals surface area contributed by atoms with Gasteiger partial charge in [-0.05, 0) is 76.2 Å². The summed E-state index contributed by atoms with van der Waals surface area (Å²) in [5, 5.41) is 16.2. The first kappa shape index (κ1) is 31.8. The second kappa shape index (κ2) is 15.9. The number of ether oxygens (including phenoxy) is 1. The number of thioether (sulfide) groups is 1. The predicted molar refractivity (Wildman–Crippen MR) is 153 cm³/mol. The standard InChI is InChI=1S/C29H47N3O5S/c1-6-7-11-18-32(27(35)24(17-19-38-5)31-28(36)37-29(2,3)4)25(21-13-12-16-23(33)20-21)26(34)30-22-14-9-8-10-15-22/h12-13,16,20,22,24-25,33H,6-11,14-15,17-19H2,1-5H3,(H,30,34)(H,31,36). The van der Waals surface area contributed by atoms with Crippen molar-refractivity contribution in [2.45, 2.75) is 109 Å². The van der Waals surface area contributed by atoms with E-state index in [9.17, 15) is 19.5 Å². The number of aromatic hydroxyl groups is 1. The van der Waals surface area contributed by atoms with Gasteiger partial charge in [-0.15, -0.1) is 0 Å². The van der Waals surface area contributed by atoms with Crippen LogP contribution >= 0.6 is 11.8 Å². The molecule has 214 valence electrons. The van der Waals surface area contributed by atoms with E-state index in [1.54, 1.807) is 61.7 Å². The summed E-state index contributed by atoms with van der Waals surface area (Å²) in [6.07, 6.45) is 9.39. The molecule has 1 aliphatic carbocycles. The number of unbranched alkanes of at least 4 members (excludes halogenated alkanes) is 2. The zero-order valence-corrected chi connectivity index (χ0v) is 24.6. The fraction of sp³-hybridized carbons (Fsp3) is 0.690. The lowest BCUT2D eigenvalue weighted by Gasteiger charge is -2.36. The Hall–Kier alpha value is -2.42. The minimum absolute atomic E-state index is 0.0322. The highest BCUT2D eigenvalue weighted by Crippen LogP contribution is 2.28. The smallest absolute Gasteiger partial charge is 0.408 e. The van der Waals surface area contributed by atoms with Gasteiger partial charge in [0, 0.05) is 12.6 Å². The van der Waals surface area contributed by atoms with E-state index < -0.39 is 23.8 Å². The minimum atomic E-state index is -0.925. The number of hydrogen-bond acceptors (Lipinski definition) is 6. The third-order valence-corrected chi connectivity index (χ3v) is 7.23. The van der Waals surface area contributed by atoms with Crippen LogP contribution in [0.5, 0.6) is 5.75 Å². The molecule has 0 aromatic heterocycles. The summed E-state index contributed by atoms with van der Waals surface area (Å²) in [5.41, 5.74) is -0.161. The SMILES string of the molecule is CCCCCN(C(=O)C(CCSC)NC(=O)OC(C)(C)C)C(C(=O)NC1CCCCC1)c1cccc(O)c1. The van der Waals surface area contributed by atoms with E-state index in [0.717, 1.165) is 51.4 Å². The van der Waals surface area contributed by atoms with Crippen LogP contribution in [0.4, 0.5) is 4.79 Å². The van der Waals surface area contributed by atoms with Crippen molar-refractivity contribution in [3.05, 3.63) is 29.8 Å². The van der Waals surface area contributed by atoms with Crippen LogP contribution in [-0.4, -0.2) is 64.2 Å². The molecule has 0 spiro atoms. The molecule has 0 heterocycles. The van der Waals surface area contributed by atoms with E-state index in [1.165, 1.54) is 0 Å². The van der Waals surface area contributed by atoms with E-state index in [-0.39, 0.29) is 23.6 Å². The van der Waals surface area contributed by atoms with E-state index in [4.69, 9.17) is 4.74 Å². The van der Waals surface area contributed by atoms with Crippen LogP contribution < -0.4 is 10.6 Å². The molecule has 38 heavy (non-hydrogen) atoms. The normalized spacial score (nSPS) is 15.8. The number of amides is 3. The van der Waals surface area contributed by atoms with Crippen molar-refractivity contribution in [2.24, 2.45) is 0 Å². The van der Waals surface area contributed by atoms with Crippen molar-refractivity contribution >= 4 is 29.7 Å². The number of nitrogens with one attached hydrogen (secondary N) is 2. The molecule has 2 unspecified atom stereocenters. The first-order valence-corrected chi connectivity index (χ1v) is 15.3. The Morgan fingerprint density at radius 2 is 1.87 bits per heavy atom. The van der Waals surface area contributed by atoms with Gasteiger partial charge in [0.1, 0.15) is 23.4 Å². The Balaban J connectivity index is 2.44. The molecule has 3 N–H and O–H groups in total. The second-order valence-corrected chi connectivity index (χ2v) is 12.0. The van der Waals surface area contributed by atoms with E-state index in [2.05, 4.69) is 17.6 Å². The molecule has 1 aromatic rings. The minimum Gasteiger partial charge on any atom is -0.508 e. The second-order valence-electron chi connectivity index (χ2n) is 11.1. The number of phenolic OH excluding ortho intramolecular Hbond substituents is 1. The lowest BCUT2D eigenvalue weighted by Crippen LogP contribution is -2.54. The molecule has 0 bridgehead atoms. The number of phenols is 1. The molecule has 1 aliphatic rings. The quantitative estimate of drug-likeness (QED) is 0.279. The molecule has 0 radical (unpaired) electrons. The van der Waals surface area contributed by atoms with Crippen LogP contribution in [0.3, 0.4) is 0 Å². The fourth-order valence-corrected chi connectivity index (χ4v) is 5.21. The van der Waals surface area contributed by atoms with Gasteiger partial charge in [-0.25, -0.2) is 4.79 Å². The number of hydrogen-bond donors (Lipinski definition) is 3. The van der Waals surface area contributed by atoms with Gasteiger partial charge in [0.15, 0.2) is 0 Å². The van der Waals surface area contributed by atoms with Crippen LogP contribution in [0.25, 0.3) is 0 Å². The summed E-state index contributed by atoms with van der Waals surface area (Å²) in [4.78, 5) is 42.3. The zero-order valence-electron chi connectivity index (χ0n) is 23.8. The Morgan fingerprint density at radius 1 is 1.16 bits per heavy atom. The van der Waals surface area contributed by atoms with Crippen LogP contribution in [0.2, 0.25) is 0 Å². The number of carbonyl (C=O) groups excluding carboxylic acids is 3. The molecule has 0 aliphatic heterocycles. The summed E-state index contributed by atoms with van der Waals surface area (Å²) in [6, 6.07) is 4.84. The summed E-state index contributed by atoms with van der Waals surface area (Å²) < 4.78 is 5.45. The maximum absolute atomic E-state index is 14.1. The van der Waals surface area contributed by atoms with Gasteiger partial charge >= 0.3 is 6.09 Å². The van der Waals surface area contributed by atoms with Crippen molar-refractivity contribution in [2.75, 3.05) is 18.6 Å². The van der Waals surface area contributed by atoms with Crippen LogP contribution in [0.1, 0.15) is 97.1 Å².